The van der Waals surface area contributed by atoms with Crippen LogP contribution in [-0.2, 0) is 4.79 Å². The number of rotatable bonds is 7. The molecule has 0 saturated carbocycles. The van der Waals surface area contributed by atoms with Crippen LogP contribution < -0.4 is 19.6 Å². The maximum atomic E-state index is 11.8. The molecule has 0 radical (unpaired) electrons. The Morgan fingerprint density at radius 2 is 1.88 bits per heavy atom. The van der Waals surface area contributed by atoms with E-state index in [0.29, 0.717) is 21.7 Å². The molecule has 0 aromatic heterocycles. The largest absolute Gasteiger partial charge is 0.497 e. The van der Waals surface area contributed by atoms with Crippen molar-refractivity contribution >= 4 is 44.0 Å². The molecule has 8 heteroatoms. The Morgan fingerprint density at radius 3 is 2.56 bits per heavy atom. The molecule has 2 aromatic carbocycles. The lowest BCUT2D eigenvalue weighted by molar-refractivity contribution is -0.123. The molecule has 25 heavy (non-hydrogen) atoms. The number of ether oxygens (including phenoxy) is 3. The first-order chi connectivity index (χ1) is 12.0. The van der Waals surface area contributed by atoms with Crippen molar-refractivity contribution in [1.29, 1.82) is 0 Å². The second-order valence-electron chi connectivity index (χ2n) is 4.76. The van der Waals surface area contributed by atoms with Gasteiger partial charge in [0.05, 0.1) is 24.9 Å². The lowest BCUT2D eigenvalue weighted by atomic mass is 10.2. The SMILES string of the molecule is COc1ccc(OCC(=O)N/N=C/c2cc(Br)ccc2OC)c(Br)c1. The topological polar surface area (TPSA) is 69.2 Å². The number of carbonyl (C=O) groups excluding carboxylic acids is 1. The molecule has 0 spiro atoms. The molecule has 0 bridgehead atoms. The maximum absolute atomic E-state index is 11.8. The summed E-state index contributed by atoms with van der Waals surface area (Å²) in [6, 6.07) is 10.7. The fraction of sp³-hybridized carbons (Fsp3) is 0.176. The molecule has 0 saturated heterocycles. The smallest absolute Gasteiger partial charge is 0.277 e. The molecule has 6 nitrogen and oxygen atoms in total. The summed E-state index contributed by atoms with van der Waals surface area (Å²) >= 11 is 6.74. The maximum Gasteiger partial charge on any atom is 0.277 e. The van der Waals surface area contributed by atoms with Crippen molar-refractivity contribution in [3.63, 3.8) is 0 Å². The molecule has 0 aliphatic carbocycles. The third-order valence-corrected chi connectivity index (χ3v) is 4.20. The van der Waals surface area contributed by atoms with Gasteiger partial charge >= 0.3 is 0 Å². The number of nitrogens with zero attached hydrogens (tertiary/aromatic N) is 1. The second kappa shape index (κ2) is 9.43. The Bertz CT molecular complexity index is 781. The van der Waals surface area contributed by atoms with Gasteiger partial charge in [0.1, 0.15) is 17.2 Å². The van der Waals surface area contributed by atoms with E-state index in [1.54, 1.807) is 38.5 Å². The molecular formula is C17H16Br2N2O4. The van der Waals surface area contributed by atoms with E-state index in [1.807, 2.05) is 12.1 Å². The molecule has 0 unspecified atom stereocenters. The van der Waals surface area contributed by atoms with Crippen LogP contribution in [0.25, 0.3) is 0 Å². The summed E-state index contributed by atoms with van der Waals surface area (Å²) in [5.74, 6) is 1.50. The van der Waals surface area contributed by atoms with Gasteiger partial charge in [-0.15, -0.1) is 0 Å². The van der Waals surface area contributed by atoms with E-state index >= 15 is 0 Å². The van der Waals surface area contributed by atoms with Crippen LogP contribution in [-0.4, -0.2) is 32.9 Å². The van der Waals surface area contributed by atoms with E-state index in [0.717, 1.165) is 10.0 Å². The minimum absolute atomic E-state index is 0.169. The van der Waals surface area contributed by atoms with E-state index in [2.05, 4.69) is 42.4 Å². The van der Waals surface area contributed by atoms with Crippen molar-refractivity contribution in [1.82, 2.24) is 5.43 Å². The third-order valence-electron chi connectivity index (χ3n) is 3.08. The molecule has 0 aliphatic heterocycles. The van der Waals surface area contributed by atoms with Gasteiger partial charge in [0.2, 0.25) is 0 Å². The lowest BCUT2D eigenvalue weighted by Gasteiger charge is -2.08. The number of amides is 1. The van der Waals surface area contributed by atoms with Gasteiger partial charge < -0.3 is 14.2 Å². The number of nitrogens with one attached hydrogen (secondary N) is 1. The number of hydrogen-bond acceptors (Lipinski definition) is 5. The fourth-order valence-electron chi connectivity index (χ4n) is 1.88. The molecule has 2 aromatic rings. The van der Waals surface area contributed by atoms with Crippen molar-refractivity contribution < 1.29 is 19.0 Å². The number of carbonyl (C=O) groups is 1. The van der Waals surface area contributed by atoms with Crippen molar-refractivity contribution in [3.05, 3.63) is 50.9 Å². The predicted molar refractivity (Wildman–Crippen MR) is 103 cm³/mol. The van der Waals surface area contributed by atoms with Crippen LogP contribution in [0, 0.1) is 0 Å². The summed E-state index contributed by atoms with van der Waals surface area (Å²) in [4.78, 5) is 11.8. The van der Waals surface area contributed by atoms with Gasteiger partial charge in [-0.3, -0.25) is 4.79 Å². The number of hydrazone groups is 1. The summed E-state index contributed by atoms with van der Waals surface area (Å²) < 4.78 is 17.4. The quantitative estimate of drug-likeness (QED) is 0.493. The van der Waals surface area contributed by atoms with Crippen LogP contribution in [0.1, 0.15) is 5.56 Å². The van der Waals surface area contributed by atoms with E-state index in [4.69, 9.17) is 14.2 Å². The van der Waals surface area contributed by atoms with Crippen LogP contribution in [0.3, 0.4) is 0 Å². The van der Waals surface area contributed by atoms with Crippen LogP contribution in [0.15, 0.2) is 50.4 Å². The number of halogens is 2. The van der Waals surface area contributed by atoms with Crippen molar-refractivity contribution in [2.24, 2.45) is 5.10 Å². The predicted octanol–water partition coefficient (Wildman–Crippen LogP) is 3.76. The van der Waals surface area contributed by atoms with E-state index in [1.165, 1.54) is 6.21 Å². The Labute approximate surface area is 162 Å². The minimum atomic E-state index is -0.382. The Kier molecular flexibility index (Phi) is 7.27. The fourth-order valence-corrected chi connectivity index (χ4v) is 2.73. The van der Waals surface area contributed by atoms with Gasteiger partial charge in [-0.1, -0.05) is 15.9 Å². The molecule has 2 rings (SSSR count). The summed E-state index contributed by atoms with van der Waals surface area (Å²) in [6.45, 7) is -0.169. The zero-order chi connectivity index (χ0) is 18.2. The van der Waals surface area contributed by atoms with Crippen molar-refractivity contribution in [2.75, 3.05) is 20.8 Å². The Balaban J connectivity index is 1.90. The first-order valence-corrected chi connectivity index (χ1v) is 8.74. The van der Waals surface area contributed by atoms with Crippen LogP contribution >= 0.6 is 31.9 Å². The second-order valence-corrected chi connectivity index (χ2v) is 6.53. The van der Waals surface area contributed by atoms with Gasteiger partial charge in [0, 0.05) is 10.0 Å². The minimum Gasteiger partial charge on any atom is -0.497 e. The number of benzene rings is 2. The molecule has 1 amide bonds. The molecular weight excluding hydrogens is 456 g/mol. The van der Waals surface area contributed by atoms with Gasteiger partial charge in [-0.25, -0.2) is 5.43 Å². The van der Waals surface area contributed by atoms with Crippen LogP contribution in [0.2, 0.25) is 0 Å². The molecule has 132 valence electrons. The first kappa shape index (κ1) is 19.3. The van der Waals surface area contributed by atoms with E-state index < -0.39 is 0 Å². The van der Waals surface area contributed by atoms with Gasteiger partial charge in [0.15, 0.2) is 6.61 Å². The highest BCUT2D eigenvalue weighted by atomic mass is 79.9. The van der Waals surface area contributed by atoms with Crippen LogP contribution in [0.5, 0.6) is 17.2 Å². The highest BCUT2D eigenvalue weighted by Gasteiger charge is 2.06. The molecule has 0 aliphatic rings. The standard InChI is InChI=1S/C17H16Br2N2O4/c1-23-13-4-6-16(14(19)8-13)25-10-17(22)21-20-9-11-7-12(18)3-5-15(11)24-2/h3-9H,10H2,1-2H3,(H,21,22)/b20-9+. The van der Waals surface area contributed by atoms with E-state index in [9.17, 15) is 4.79 Å². The Morgan fingerprint density at radius 1 is 1.12 bits per heavy atom. The average molecular weight is 472 g/mol. The highest BCUT2D eigenvalue weighted by molar-refractivity contribution is 9.10. The van der Waals surface area contributed by atoms with Gasteiger partial charge in [-0.05, 0) is 52.3 Å². The van der Waals surface area contributed by atoms with Crippen molar-refractivity contribution in [2.45, 2.75) is 0 Å². The third kappa shape index (κ3) is 5.75. The summed E-state index contributed by atoms with van der Waals surface area (Å²) in [7, 11) is 3.15. The zero-order valence-electron chi connectivity index (χ0n) is 13.6. The number of hydrogen-bond donors (Lipinski definition) is 1. The first-order valence-electron chi connectivity index (χ1n) is 7.15. The average Bonchev–Trinajstić information content (AvgIpc) is 2.60. The Hall–Kier alpha value is -2.06. The monoisotopic (exact) mass is 470 g/mol. The number of methoxy groups -OCH3 is 2. The zero-order valence-corrected chi connectivity index (χ0v) is 16.8. The lowest BCUT2D eigenvalue weighted by Crippen LogP contribution is -2.24. The summed E-state index contributed by atoms with van der Waals surface area (Å²) in [5, 5.41) is 3.92. The molecule has 1 N–H and O–H groups in total. The summed E-state index contributed by atoms with van der Waals surface area (Å²) in [6.07, 6.45) is 1.50. The van der Waals surface area contributed by atoms with Crippen molar-refractivity contribution in [3.8, 4) is 17.2 Å². The van der Waals surface area contributed by atoms with Gasteiger partial charge in [0.25, 0.3) is 5.91 Å². The normalized spacial score (nSPS) is 10.6. The van der Waals surface area contributed by atoms with Gasteiger partial charge in [-0.2, -0.15) is 5.10 Å². The molecule has 0 fully saturated rings. The van der Waals surface area contributed by atoms with E-state index in [-0.39, 0.29) is 12.5 Å². The molecule has 0 heterocycles. The highest BCUT2D eigenvalue weighted by Crippen LogP contribution is 2.29. The molecule has 0 atom stereocenters. The summed E-state index contributed by atoms with van der Waals surface area (Å²) in [5.41, 5.74) is 3.14. The van der Waals surface area contributed by atoms with Crippen LogP contribution in [0.4, 0.5) is 0 Å².